The molecule has 0 heterocycles. The molecule has 1 aromatic carbocycles. The van der Waals surface area contributed by atoms with Crippen LogP contribution >= 0.6 is 15.9 Å². The Kier molecular flexibility index (Phi) is 1.51. The van der Waals surface area contributed by atoms with Gasteiger partial charge in [-0.15, -0.1) is 0 Å². The zero-order valence-corrected chi connectivity index (χ0v) is 8.97. The van der Waals surface area contributed by atoms with Gasteiger partial charge >= 0.3 is 0 Å². The molecule has 0 amide bonds. The summed E-state index contributed by atoms with van der Waals surface area (Å²) in [5, 5.41) is 0. The molecule has 1 nitrogen and oxygen atoms in total. The number of hydrogen-bond acceptors (Lipinski definition) is 1. The SMILES string of the molecule is Nc1ccc(Br)c2c1C1CCC2C1. The molecule has 0 radical (unpaired) electrons. The first-order valence-electron chi connectivity index (χ1n) is 4.85. The third kappa shape index (κ3) is 0.925. The Morgan fingerprint density at radius 1 is 1.15 bits per heavy atom. The Hall–Kier alpha value is -0.500. The summed E-state index contributed by atoms with van der Waals surface area (Å²) in [6, 6.07) is 4.12. The molecular formula is C11H12BrN. The Balaban J connectivity index is 2.30. The third-order valence-corrected chi connectivity index (χ3v) is 4.21. The first kappa shape index (κ1) is 7.86. The average Bonchev–Trinajstić information content (AvgIpc) is 2.70. The van der Waals surface area contributed by atoms with Gasteiger partial charge in [0, 0.05) is 10.2 Å². The molecule has 2 bridgehead atoms. The van der Waals surface area contributed by atoms with E-state index in [1.54, 1.807) is 0 Å². The summed E-state index contributed by atoms with van der Waals surface area (Å²) >= 11 is 3.63. The molecule has 1 aromatic rings. The lowest BCUT2D eigenvalue weighted by Crippen LogP contribution is -2.03. The van der Waals surface area contributed by atoms with Crippen LogP contribution in [0, 0.1) is 0 Å². The normalized spacial score (nSPS) is 29.3. The molecule has 68 valence electrons. The van der Waals surface area contributed by atoms with Gasteiger partial charge in [-0.2, -0.15) is 0 Å². The summed E-state index contributed by atoms with van der Waals surface area (Å²) in [5.41, 5.74) is 9.97. The van der Waals surface area contributed by atoms with E-state index < -0.39 is 0 Å². The topological polar surface area (TPSA) is 26.0 Å². The molecule has 0 aliphatic heterocycles. The van der Waals surface area contributed by atoms with E-state index in [-0.39, 0.29) is 0 Å². The minimum atomic E-state index is 0.762. The highest BCUT2D eigenvalue weighted by molar-refractivity contribution is 9.10. The van der Waals surface area contributed by atoms with E-state index in [9.17, 15) is 0 Å². The highest BCUT2D eigenvalue weighted by Crippen LogP contribution is 2.56. The maximum Gasteiger partial charge on any atom is 0.0353 e. The summed E-state index contributed by atoms with van der Waals surface area (Å²) < 4.78 is 1.27. The highest BCUT2D eigenvalue weighted by Gasteiger charge is 2.39. The van der Waals surface area contributed by atoms with Crippen LogP contribution in [-0.2, 0) is 0 Å². The van der Waals surface area contributed by atoms with Crippen LogP contribution in [0.5, 0.6) is 0 Å². The zero-order chi connectivity index (χ0) is 9.00. The molecule has 2 heteroatoms. The van der Waals surface area contributed by atoms with Crippen molar-refractivity contribution in [1.29, 1.82) is 0 Å². The van der Waals surface area contributed by atoms with E-state index in [0.717, 1.165) is 17.5 Å². The first-order chi connectivity index (χ1) is 6.27. The van der Waals surface area contributed by atoms with Crippen LogP contribution in [0.1, 0.15) is 42.2 Å². The molecule has 13 heavy (non-hydrogen) atoms. The predicted molar refractivity (Wildman–Crippen MR) is 57.9 cm³/mol. The van der Waals surface area contributed by atoms with E-state index in [2.05, 4.69) is 22.0 Å². The van der Waals surface area contributed by atoms with Crippen molar-refractivity contribution in [2.45, 2.75) is 31.1 Å². The average molecular weight is 238 g/mol. The first-order valence-corrected chi connectivity index (χ1v) is 5.64. The minimum absolute atomic E-state index is 0.762. The van der Waals surface area contributed by atoms with Crippen molar-refractivity contribution < 1.29 is 0 Å². The van der Waals surface area contributed by atoms with Gasteiger partial charge in [-0.1, -0.05) is 15.9 Å². The molecule has 2 N–H and O–H groups in total. The Bertz CT molecular complexity index is 338. The van der Waals surface area contributed by atoms with Crippen LogP contribution in [0.4, 0.5) is 5.69 Å². The molecule has 1 fully saturated rings. The molecule has 2 aliphatic rings. The quantitative estimate of drug-likeness (QED) is 0.689. The minimum Gasteiger partial charge on any atom is -0.398 e. The number of nitrogen functional groups attached to an aromatic ring is 1. The fourth-order valence-corrected chi connectivity index (χ4v) is 3.67. The second-order valence-electron chi connectivity index (χ2n) is 4.17. The maximum atomic E-state index is 6.01. The van der Waals surface area contributed by atoms with Crippen molar-refractivity contribution in [2.24, 2.45) is 0 Å². The number of halogens is 1. The van der Waals surface area contributed by atoms with E-state index in [0.29, 0.717) is 0 Å². The van der Waals surface area contributed by atoms with E-state index in [1.807, 2.05) is 6.07 Å². The fraction of sp³-hybridized carbons (Fsp3) is 0.455. The van der Waals surface area contributed by atoms with Crippen LogP contribution in [0.2, 0.25) is 0 Å². The molecule has 3 rings (SSSR count). The lowest BCUT2D eigenvalue weighted by molar-refractivity contribution is 0.716. The van der Waals surface area contributed by atoms with Gasteiger partial charge in [-0.05, 0) is 54.4 Å². The van der Waals surface area contributed by atoms with Crippen molar-refractivity contribution in [3.63, 3.8) is 0 Å². The van der Waals surface area contributed by atoms with Crippen molar-refractivity contribution in [2.75, 3.05) is 5.73 Å². The van der Waals surface area contributed by atoms with Crippen LogP contribution < -0.4 is 5.73 Å². The molecule has 0 spiro atoms. The van der Waals surface area contributed by atoms with Crippen LogP contribution in [0.3, 0.4) is 0 Å². The lowest BCUT2D eigenvalue weighted by Gasteiger charge is -2.18. The standard InChI is InChI=1S/C11H12BrN/c12-8-3-4-9(13)11-7-2-1-6(5-7)10(8)11/h3-4,6-7H,1-2,5,13H2. The summed E-state index contributed by atoms with van der Waals surface area (Å²) in [6.45, 7) is 0. The Labute approximate surface area is 86.5 Å². The number of anilines is 1. The zero-order valence-electron chi connectivity index (χ0n) is 7.39. The van der Waals surface area contributed by atoms with Gasteiger partial charge < -0.3 is 5.73 Å². The molecule has 1 saturated carbocycles. The van der Waals surface area contributed by atoms with E-state index in [1.165, 1.54) is 34.9 Å². The van der Waals surface area contributed by atoms with Crippen molar-refractivity contribution in [3.05, 3.63) is 27.7 Å². The Morgan fingerprint density at radius 3 is 2.54 bits per heavy atom. The largest absolute Gasteiger partial charge is 0.398 e. The molecule has 0 saturated heterocycles. The van der Waals surface area contributed by atoms with Gasteiger partial charge in [0.05, 0.1) is 0 Å². The number of nitrogens with two attached hydrogens (primary N) is 1. The summed E-state index contributed by atoms with van der Waals surface area (Å²) in [5.74, 6) is 1.55. The summed E-state index contributed by atoms with van der Waals surface area (Å²) in [4.78, 5) is 0. The van der Waals surface area contributed by atoms with Gasteiger partial charge in [-0.3, -0.25) is 0 Å². The highest BCUT2D eigenvalue weighted by atomic mass is 79.9. The molecule has 2 unspecified atom stereocenters. The number of fused-ring (bicyclic) bond motifs is 5. The summed E-state index contributed by atoms with van der Waals surface area (Å²) in [6.07, 6.45) is 4.04. The fourth-order valence-electron chi connectivity index (χ4n) is 3.00. The molecule has 0 aromatic heterocycles. The van der Waals surface area contributed by atoms with Crippen LogP contribution in [0.15, 0.2) is 16.6 Å². The second kappa shape index (κ2) is 2.50. The van der Waals surface area contributed by atoms with Crippen LogP contribution in [-0.4, -0.2) is 0 Å². The van der Waals surface area contributed by atoms with Crippen molar-refractivity contribution in [1.82, 2.24) is 0 Å². The summed E-state index contributed by atoms with van der Waals surface area (Å²) in [7, 11) is 0. The molecular weight excluding hydrogens is 226 g/mol. The van der Waals surface area contributed by atoms with Gasteiger partial charge in [-0.25, -0.2) is 0 Å². The number of rotatable bonds is 0. The number of hydrogen-bond donors (Lipinski definition) is 1. The second-order valence-corrected chi connectivity index (χ2v) is 5.03. The Morgan fingerprint density at radius 2 is 1.85 bits per heavy atom. The van der Waals surface area contributed by atoms with Crippen LogP contribution in [0.25, 0.3) is 0 Å². The lowest BCUT2D eigenvalue weighted by atomic mass is 9.91. The third-order valence-electron chi connectivity index (χ3n) is 3.52. The van der Waals surface area contributed by atoms with Gasteiger partial charge in [0.15, 0.2) is 0 Å². The monoisotopic (exact) mass is 237 g/mol. The van der Waals surface area contributed by atoms with Gasteiger partial charge in [0.2, 0.25) is 0 Å². The van der Waals surface area contributed by atoms with E-state index >= 15 is 0 Å². The van der Waals surface area contributed by atoms with Crippen molar-refractivity contribution >= 4 is 21.6 Å². The molecule has 2 atom stereocenters. The predicted octanol–water partition coefficient (Wildman–Crippen LogP) is 3.40. The number of benzene rings is 1. The van der Waals surface area contributed by atoms with Gasteiger partial charge in [0.1, 0.15) is 0 Å². The van der Waals surface area contributed by atoms with Crippen molar-refractivity contribution in [3.8, 4) is 0 Å². The van der Waals surface area contributed by atoms with E-state index in [4.69, 9.17) is 5.73 Å². The van der Waals surface area contributed by atoms with Gasteiger partial charge in [0.25, 0.3) is 0 Å². The maximum absolute atomic E-state index is 6.01. The smallest absolute Gasteiger partial charge is 0.0353 e. The molecule has 2 aliphatic carbocycles.